The van der Waals surface area contributed by atoms with Crippen molar-refractivity contribution in [3.05, 3.63) is 11.6 Å². The average Bonchev–Trinajstić information content (AvgIpc) is 1.87. The molecule has 0 rings (SSSR count). The molecule has 0 spiro atoms. The van der Waals surface area contributed by atoms with Crippen LogP contribution in [0.25, 0.3) is 0 Å². The van der Waals surface area contributed by atoms with Gasteiger partial charge in [0.05, 0.1) is 13.2 Å². The van der Waals surface area contributed by atoms with E-state index < -0.39 is 5.97 Å². The van der Waals surface area contributed by atoms with E-state index in [4.69, 9.17) is 5.26 Å². The van der Waals surface area contributed by atoms with Crippen LogP contribution in [0.1, 0.15) is 6.92 Å². The Labute approximate surface area is 53.5 Å². The molecule has 0 amide bonds. The Bertz CT molecular complexity index is 176. The van der Waals surface area contributed by atoms with Crippen LogP contribution in [-0.4, -0.2) is 13.1 Å². The van der Waals surface area contributed by atoms with Crippen molar-refractivity contribution in [2.75, 3.05) is 7.11 Å². The molecule has 9 heavy (non-hydrogen) atoms. The number of carbonyl (C=O) groups is 1. The van der Waals surface area contributed by atoms with Crippen LogP contribution < -0.4 is 0 Å². The predicted molar refractivity (Wildman–Crippen MR) is 31.4 cm³/mol. The Balaban J connectivity index is 4.00. The molecule has 0 fully saturated rings. The Morgan fingerprint density at radius 3 is 2.67 bits per heavy atom. The molecule has 0 heterocycles. The lowest BCUT2D eigenvalue weighted by molar-refractivity contribution is -0.134. The number of ether oxygens (including phenoxy) is 1. The lowest BCUT2D eigenvalue weighted by Crippen LogP contribution is -1.94. The number of nitrogens with zero attached hydrogens (tertiary/aromatic N) is 1. The molecule has 3 heteroatoms. The molecule has 0 unspecified atom stereocenters. The zero-order valence-corrected chi connectivity index (χ0v) is 5.34. The van der Waals surface area contributed by atoms with Gasteiger partial charge < -0.3 is 4.74 Å². The summed E-state index contributed by atoms with van der Waals surface area (Å²) in [5, 5.41) is 8.15. The first-order valence-corrected chi connectivity index (χ1v) is 2.37. The van der Waals surface area contributed by atoms with Crippen molar-refractivity contribution in [2.24, 2.45) is 0 Å². The molecule has 0 aliphatic heterocycles. The van der Waals surface area contributed by atoms with Gasteiger partial charge in [-0.05, 0) is 6.92 Å². The zero-order chi connectivity index (χ0) is 7.28. The minimum absolute atomic E-state index is 0.349. The van der Waals surface area contributed by atoms with Crippen molar-refractivity contribution < 1.29 is 9.53 Å². The van der Waals surface area contributed by atoms with Crippen LogP contribution in [0, 0.1) is 11.3 Å². The standard InChI is InChI=1S/C6H7NO2/c1-5(4-7)3-6(8)9-2/h3H,1-2H3/b5-3-. The quantitative estimate of drug-likeness (QED) is 0.293. The maximum atomic E-state index is 10.3. The van der Waals surface area contributed by atoms with Crippen molar-refractivity contribution in [3.8, 4) is 6.07 Å². The van der Waals surface area contributed by atoms with E-state index in [1.54, 1.807) is 6.07 Å². The molecule has 0 aromatic carbocycles. The number of esters is 1. The van der Waals surface area contributed by atoms with Gasteiger partial charge in [0.1, 0.15) is 0 Å². The third-order valence-electron chi connectivity index (χ3n) is 0.712. The topological polar surface area (TPSA) is 50.1 Å². The molecule has 0 aromatic heterocycles. The highest BCUT2D eigenvalue weighted by Gasteiger charge is 1.92. The van der Waals surface area contributed by atoms with Gasteiger partial charge in [-0.25, -0.2) is 4.79 Å². The minimum atomic E-state index is -0.492. The van der Waals surface area contributed by atoms with Crippen LogP contribution in [0.2, 0.25) is 0 Å². The molecule has 0 aliphatic carbocycles. The molecular formula is C6H7NO2. The second kappa shape index (κ2) is 3.67. The summed E-state index contributed by atoms with van der Waals surface area (Å²) in [7, 11) is 1.27. The Morgan fingerprint density at radius 2 is 2.33 bits per heavy atom. The third kappa shape index (κ3) is 3.30. The first-order chi connectivity index (χ1) is 4.20. The Kier molecular flexibility index (Phi) is 3.14. The maximum Gasteiger partial charge on any atom is 0.331 e. The summed E-state index contributed by atoms with van der Waals surface area (Å²) in [6.45, 7) is 1.54. The van der Waals surface area contributed by atoms with Crippen LogP contribution in [-0.2, 0) is 9.53 Å². The molecule has 0 N–H and O–H groups in total. The second-order valence-electron chi connectivity index (χ2n) is 1.46. The van der Waals surface area contributed by atoms with Gasteiger partial charge in [0.2, 0.25) is 0 Å². The summed E-state index contributed by atoms with van der Waals surface area (Å²) in [6, 6.07) is 1.79. The highest BCUT2D eigenvalue weighted by molar-refractivity contribution is 5.83. The van der Waals surface area contributed by atoms with Crippen molar-refractivity contribution in [2.45, 2.75) is 6.92 Å². The average molecular weight is 125 g/mol. The first kappa shape index (κ1) is 7.70. The minimum Gasteiger partial charge on any atom is -0.466 e. The molecule has 0 aromatic rings. The zero-order valence-electron chi connectivity index (χ0n) is 5.34. The first-order valence-electron chi connectivity index (χ1n) is 2.37. The molecular weight excluding hydrogens is 118 g/mol. The fourth-order valence-corrected chi connectivity index (χ4v) is 0.268. The van der Waals surface area contributed by atoms with Gasteiger partial charge >= 0.3 is 5.97 Å². The molecule has 3 nitrogen and oxygen atoms in total. The lowest BCUT2D eigenvalue weighted by Gasteiger charge is -1.87. The summed E-state index contributed by atoms with van der Waals surface area (Å²) in [4.78, 5) is 10.3. The van der Waals surface area contributed by atoms with Gasteiger partial charge in [0, 0.05) is 11.6 Å². The molecule has 0 aliphatic rings. The van der Waals surface area contributed by atoms with Crippen LogP contribution in [0.5, 0.6) is 0 Å². The van der Waals surface area contributed by atoms with Crippen molar-refractivity contribution in [1.29, 1.82) is 5.26 Å². The fraction of sp³-hybridized carbons (Fsp3) is 0.333. The van der Waals surface area contributed by atoms with Crippen molar-refractivity contribution in [1.82, 2.24) is 0 Å². The summed E-state index contributed by atoms with van der Waals surface area (Å²) < 4.78 is 4.26. The van der Waals surface area contributed by atoms with E-state index in [1.165, 1.54) is 14.0 Å². The highest BCUT2D eigenvalue weighted by Crippen LogP contribution is 1.88. The van der Waals surface area contributed by atoms with Gasteiger partial charge in [-0.3, -0.25) is 0 Å². The number of methoxy groups -OCH3 is 1. The van der Waals surface area contributed by atoms with Gasteiger partial charge in [-0.2, -0.15) is 5.26 Å². The summed E-state index contributed by atoms with van der Waals surface area (Å²) >= 11 is 0. The molecule has 0 atom stereocenters. The van der Waals surface area contributed by atoms with Crippen LogP contribution in [0.4, 0.5) is 0 Å². The maximum absolute atomic E-state index is 10.3. The SMILES string of the molecule is COC(=O)/C=C(/C)C#N. The van der Waals surface area contributed by atoms with E-state index in [1.807, 2.05) is 0 Å². The van der Waals surface area contributed by atoms with Crippen LogP contribution >= 0.6 is 0 Å². The largest absolute Gasteiger partial charge is 0.466 e. The van der Waals surface area contributed by atoms with Gasteiger partial charge in [0.25, 0.3) is 0 Å². The number of allylic oxidation sites excluding steroid dienone is 1. The van der Waals surface area contributed by atoms with E-state index in [9.17, 15) is 4.79 Å². The number of hydrogen-bond acceptors (Lipinski definition) is 3. The van der Waals surface area contributed by atoms with E-state index in [2.05, 4.69) is 4.74 Å². The Hall–Kier alpha value is -1.30. The molecule has 0 radical (unpaired) electrons. The smallest absolute Gasteiger partial charge is 0.331 e. The molecule has 0 saturated heterocycles. The number of hydrogen-bond donors (Lipinski definition) is 0. The molecule has 0 bridgehead atoms. The normalized spacial score (nSPS) is 10.1. The predicted octanol–water partition coefficient (Wildman–Crippen LogP) is 0.629. The lowest BCUT2D eigenvalue weighted by atomic mass is 10.3. The van der Waals surface area contributed by atoms with Gasteiger partial charge in [-0.1, -0.05) is 0 Å². The highest BCUT2D eigenvalue weighted by atomic mass is 16.5. The summed E-state index contributed by atoms with van der Waals surface area (Å²) in [5.41, 5.74) is 0.349. The van der Waals surface area contributed by atoms with E-state index >= 15 is 0 Å². The number of nitriles is 1. The van der Waals surface area contributed by atoms with Crippen LogP contribution in [0.3, 0.4) is 0 Å². The monoisotopic (exact) mass is 125 g/mol. The second-order valence-corrected chi connectivity index (χ2v) is 1.46. The number of rotatable bonds is 1. The molecule has 48 valence electrons. The Morgan fingerprint density at radius 1 is 1.78 bits per heavy atom. The fourth-order valence-electron chi connectivity index (χ4n) is 0.268. The third-order valence-corrected chi connectivity index (χ3v) is 0.712. The van der Waals surface area contributed by atoms with E-state index in [-0.39, 0.29) is 0 Å². The van der Waals surface area contributed by atoms with Crippen molar-refractivity contribution in [3.63, 3.8) is 0 Å². The van der Waals surface area contributed by atoms with E-state index in [0.717, 1.165) is 6.08 Å². The summed E-state index contributed by atoms with van der Waals surface area (Å²) in [6.07, 6.45) is 1.14. The van der Waals surface area contributed by atoms with E-state index in [0.29, 0.717) is 5.57 Å². The van der Waals surface area contributed by atoms with Gasteiger partial charge in [-0.15, -0.1) is 0 Å². The molecule has 0 saturated carbocycles. The summed E-state index contributed by atoms with van der Waals surface area (Å²) in [5.74, 6) is -0.492. The number of carbonyl (C=O) groups excluding carboxylic acids is 1. The van der Waals surface area contributed by atoms with Gasteiger partial charge in [0.15, 0.2) is 0 Å². The van der Waals surface area contributed by atoms with Crippen LogP contribution in [0.15, 0.2) is 11.6 Å². The van der Waals surface area contributed by atoms with Crippen molar-refractivity contribution >= 4 is 5.97 Å².